The molecule has 14 heavy (non-hydrogen) atoms. The van der Waals surface area contributed by atoms with Crippen LogP contribution in [0.1, 0.15) is 11.1 Å². The summed E-state index contributed by atoms with van der Waals surface area (Å²) in [5.74, 6) is 0. The van der Waals surface area contributed by atoms with E-state index in [-0.39, 0.29) is 0 Å². The van der Waals surface area contributed by atoms with Crippen LogP contribution in [0.3, 0.4) is 0 Å². The highest BCUT2D eigenvalue weighted by Gasteiger charge is 1.99. The number of hydrogen-bond donors (Lipinski definition) is 0. The van der Waals surface area contributed by atoms with Gasteiger partial charge < -0.3 is 0 Å². The van der Waals surface area contributed by atoms with Gasteiger partial charge in [-0.1, -0.05) is 30.3 Å². The second-order valence-corrected chi connectivity index (χ2v) is 3.46. The van der Waals surface area contributed by atoms with Crippen molar-refractivity contribution < 1.29 is 0 Å². The van der Waals surface area contributed by atoms with Crippen molar-refractivity contribution in [1.82, 2.24) is 0 Å². The van der Waals surface area contributed by atoms with Crippen LogP contribution in [0, 0.1) is 18.3 Å². The molecule has 2 aromatic carbocycles. The fraction of sp³-hybridized carbons (Fsp3) is 0.154. The van der Waals surface area contributed by atoms with E-state index in [4.69, 9.17) is 5.26 Å². The zero-order chi connectivity index (χ0) is 9.97. The molecule has 0 N–H and O–H groups in total. The number of nitrogens with zero attached hydrogens (tertiary/aromatic N) is 1. The largest absolute Gasteiger partial charge is 0.198 e. The van der Waals surface area contributed by atoms with Crippen molar-refractivity contribution in [2.24, 2.45) is 0 Å². The lowest BCUT2D eigenvalue weighted by Gasteiger charge is -2.04. The summed E-state index contributed by atoms with van der Waals surface area (Å²) in [6, 6.07) is 14.7. The molecule has 68 valence electrons. The van der Waals surface area contributed by atoms with E-state index in [1.807, 2.05) is 12.1 Å². The predicted molar refractivity (Wildman–Crippen MR) is 58.0 cm³/mol. The number of aryl methyl sites for hydroxylation is 1. The Bertz CT molecular complexity index is 506. The quantitative estimate of drug-likeness (QED) is 0.662. The van der Waals surface area contributed by atoms with Crippen LogP contribution in [0.2, 0.25) is 0 Å². The maximum Gasteiger partial charge on any atom is 0.0669 e. The molecule has 0 radical (unpaired) electrons. The molecule has 0 aromatic heterocycles. The highest BCUT2D eigenvalue weighted by molar-refractivity contribution is 5.84. The summed E-state index contributed by atoms with van der Waals surface area (Å²) in [6.45, 7) is 2.05. The van der Waals surface area contributed by atoms with E-state index < -0.39 is 0 Å². The normalized spacial score (nSPS) is 10.0. The van der Waals surface area contributed by atoms with Crippen molar-refractivity contribution >= 4 is 10.8 Å². The molecule has 1 heteroatoms. The Labute approximate surface area is 83.6 Å². The second-order valence-electron chi connectivity index (χ2n) is 3.46. The highest BCUT2D eigenvalue weighted by Crippen LogP contribution is 2.19. The van der Waals surface area contributed by atoms with Crippen LogP contribution in [-0.4, -0.2) is 0 Å². The van der Waals surface area contributed by atoms with E-state index in [0.29, 0.717) is 6.42 Å². The van der Waals surface area contributed by atoms with Crippen molar-refractivity contribution in [3.63, 3.8) is 0 Å². The van der Waals surface area contributed by atoms with Gasteiger partial charge in [-0.15, -0.1) is 0 Å². The lowest BCUT2D eigenvalue weighted by atomic mass is 10.0. The first kappa shape index (κ1) is 8.77. The van der Waals surface area contributed by atoms with Gasteiger partial charge in [0.1, 0.15) is 0 Å². The number of nitriles is 1. The Balaban J connectivity index is 2.66. The maximum absolute atomic E-state index is 8.67. The monoisotopic (exact) mass is 181 g/mol. The highest BCUT2D eigenvalue weighted by atomic mass is 14.2. The van der Waals surface area contributed by atoms with Crippen LogP contribution in [0.25, 0.3) is 10.8 Å². The van der Waals surface area contributed by atoms with Gasteiger partial charge in [0.2, 0.25) is 0 Å². The summed E-state index contributed by atoms with van der Waals surface area (Å²) in [7, 11) is 0. The zero-order valence-electron chi connectivity index (χ0n) is 8.12. The first-order valence-corrected chi connectivity index (χ1v) is 4.66. The third kappa shape index (κ3) is 1.47. The minimum atomic E-state index is 0.497. The molecular formula is C13H11N. The van der Waals surface area contributed by atoms with Crippen molar-refractivity contribution in [3.05, 3.63) is 47.5 Å². The topological polar surface area (TPSA) is 23.8 Å². The Kier molecular flexibility index (Phi) is 2.20. The lowest BCUT2D eigenvalue weighted by Crippen LogP contribution is -1.87. The molecular weight excluding hydrogens is 170 g/mol. The van der Waals surface area contributed by atoms with Crippen molar-refractivity contribution in [2.45, 2.75) is 13.3 Å². The van der Waals surface area contributed by atoms with Gasteiger partial charge >= 0.3 is 0 Å². The third-order valence-electron chi connectivity index (χ3n) is 2.47. The van der Waals surface area contributed by atoms with E-state index in [9.17, 15) is 0 Å². The first-order chi connectivity index (χ1) is 6.81. The van der Waals surface area contributed by atoms with Gasteiger partial charge in [-0.25, -0.2) is 0 Å². The van der Waals surface area contributed by atoms with E-state index in [2.05, 4.69) is 37.3 Å². The van der Waals surface area contributed by atoms with Crippen LogP contribution in [0.5, 0.6) is 0 Å². The summed E-state index contributed by atoms with van der Waals surface area (Å²) >= 11 is 0. The summed E-state index contributed by atoms with van der Waals surface area (Å²) in [5, 5.41) is 11.1. The second kappa shape index (κ2) is 3.51. The maximum atomic E-state index is 8.67. The molecule has 0 amide bonds. The van der Waals surface area contributed by atoms with Gasteiger partial charge in [0.25, 0.3) is 0 Å². The molecule has 0 saturated carbocycles. The van der Waals surface area contributed by atoms with Crippen LogP contribution < -0.4 is 0 Å². The van der Waals surface area contributed by atoms with Crippen molar-refractivity contribution in [1.29, 1.82) is 5.26 Å². The SMILES string of the molecule is Cc1cc2ccccc2cc1CC#N. The molecule has 0 unspecified atom stereocenters. The molecule has 0 atom stereocenters. The van der Waals surface area contributed by atoms with Crippen molar-refractivity contribution in [2.75, 3.05) is 0 Å². The van der Waals surface area contributed by atoms with Gasteiger partial charge in [0.15, 0.2) is 0 Å². The summed E-state index contributed by atoms with van der Waals surface area (Å²) < 4.78 is 0. The molecule has 0 fully saturated rings. The van der Waals surface area contributed by atoms with Crippen LogP contribution >= 0.6 is 0 Å². The molecule has 0 spiro atoms. The average Bonchev–Trinajstić information content (AvgIpc) is 2.19. The summed E-state index contributed by atoms with van der Waals surface area (Å²) in [4.78, 5) is 0. The van der Waals surface area contributed by atoms with E-state index in [1.165, 1.54) is 16.3 Å². The molecule has 2 aromatic rings. The fourth-order valence-electron chi connectivity index (χ4n) is 1.68. The molecule has 2 rings (SSSR count). The number of benzene rings is 2. The Morgan fingerprint density at radius 2 is 1.79 bits per heavy atom. The van der Waals surface area contributed by atoms with E-state index in [1.54, 1.807) is 0 Å². The fourth-order valence-corrected chi connectivity index (χ4v) is 1.68. The molecule has 1 nitrogen and oxygen atoms in total. The molecule has 0 aliphatic heterocycles. The minimum Gasteiger partial charge on any atom is -0.198 e. The average molecular weight is 181 g/mol. The molecule has 0 aliphatic rings. The number of hydrogen-bond acceptors (Lipinski definition) is 1. The Morgan fingerprint density at radius 3 is 2.43 bits per heavy atom. The van der Waals surface area contributed by atoms with Crippen LogP contribution in [0.4, 0.5) is 0 Å². The van der Waals surface area contributed by atoms with Crippen molar-refractivity contribution in [3.8, 4) is 6.07 Å². The third-order valence-corrected chi connectivity index (χ3v) is 2.47. The van der Waals surface area contributed by atoms with Crippen LogP contribution in [-0.2, 0) is 6.42 Å². The predicted octanol–water partition coefficient (Wildman–Crippen LogP) is 3.21. The Morgan fingerprint density at radius 1 is 1.14 bits per heavy atom. The van der Waals surface area contributed by atoms with Gasteiger partial charge in [-0.2, -0.15) is 5.26 Å². The standard InChI is InChI=1S/C13H11N/c1-10-8-12-4-2-3-5-13(12)9-11(10)6-7-14/h2-5,8-9H,6H2,1H3. The first-order valence-electron chi connectivity index (χ1n) is 4.66. The Hall–Kier alpha value is -1.81. The zero-order valence-corrected chi connectivity index (χ0v) is 8.12. The number of rotatable bonds is 1. The van der Waals surface area contributed by atoms with Gasteiger partial charge in [-0.05, 0) is 34.9 Å². The van der Waals surface area contributed by atoms with Gasteiger partial charge in [0.05, 0.1) is 12.5 Å². The summed E-state index contributed by atoms with van der Waals surface area (Å²) in [5.41, 5.74) is 2.33. The minimum absolute atomic E-state index is 0.497. The van der Waals surface area contributed by atoms with Gasteiger partial charge in [0, 0.05) is 0 Å². The number of fused-ring (bicyclic) bond motifs is 1. The smallest absolute Gasteiger partial charge is 0.0669 e. The molecule has 0 aliphatic carbocycles. The van der Waals surface area contributed by atoms with E-state index in [0.717, 1.165) is 5.56 Å². The lowest BCUT2D eigenvalue weighted by molar-refractivity contribution is 1.22. The van der Waals surface area contributed by atoms with E-state index >= 15 is 0 Å². The summed E-state index contributed by atoms with van der Waals surface area (Å²) in [6.07, 6.45) is 0.497. The van der Waals surface area contributed by atoms with Gasteiger partial charge in [-0.3, -0.25) is 0 Å². The molecule has 0 heterocycles. The molecule has 0 bridgehead atoms. The van der Waals surface area contributed by atoms with Crippen LogP contribution in [0.15, 0.2) is 36.4 Å². The molecule has 0 saturated heterocycles.